The fourth-order valence-corrected chi connectivity index (χ4v) is 0.944. The summed E-state index contributed by atoms with van der Waals surface area (Å²) in [6, 6.07) is 0. The molecule has 0 bridgehead atoms. The molecule has 98 valence electrons. The number of aliphatic hydroxyl groups is 2. The first kappa shape index (κ1) is 20.6. The average Bonchev–Trinajstić information content (AvgIpc) is 1.98. The van der Waals surface area contributed by atoms with E-state index < -0.39 is 24.6 Å². The fourth-order valence-electron chi connectivity index (χ4n) is 0.944. The zero-order valence-electron chi connectivity index (χ0n) is 8.43. The topological polar surface area (TPSA) is 107 Å². The quantitative estimate of drug-likeness (QED) is 0.510. The van der Waals surface area contributed by atoms with Crippen molar-refractivity contribution >= 4 is 25.4 Å². The van der Waals surface area contributed by atoms with Crippen molar-refractivity contribution in [3.8, 4) is 0 Å². The third-order valence-electron chi connectivity index (χ3n) is 1.54. The molecule has 0 heterocycles. The molecule has 0 aromatic rings. The standard InChI is InChI=1S/C8H15NO5.CH4.H2S/c1-5(10)9-4-7(12)2-6(11)3-8(13)14;;/h6-7,11-12H,2-4H2,1H3,(H,9,10)(H,13,14);1H4;1H2/t6-,7+;;/m1../s1. The summed E-state index contributed by atoms with van der Waals surface area (Å²) in [5.74, 6) is -1.40. The van der Waals surface area contributed by atoms with E-state index in [0.717, 1.165) is 0 Å². The van der Waals surface area contributed by atoms with Crippen molar-refractivity contribution in [1.29, 1.82) is 0 Å². The lowest BCUT2D eigenvalue weighted by Gasteiger charge is -2.14. The van der Waals surface area contributed by atoms with Gasteiger partial charge in [-0.05, 0) is 0 Å². The molecule has 0 aliphatic carbocycles. The SMILES string of the molecule is C.CC(=O)NC[C@@H](O)C[C@@H](O)CC(=O)O.S. The van der Waals surface area contributed by atoms with Crippen molar-refractivity contribution in [3.63, 3.8) is 0 Å². The van der Waals surface area contributed by atoms with Gasteiger partial charge in [0.15, 0.2) is 0 Å². The van der Waals surface area contributed by atoms with Gasteiger partial charge in [0.05, 0.1) is 18.6 Å². The Balaban J connectivity index is -0.000000845. The summed E-state index contributed by atoms with van der Waals surface area (Å²) in [6.45, 7) is 1.33. The Morgan fingerprint density at radius 2 is 1.75 bits per heavy atom. The van der Waals surface area contributed by atoms with E-state index >= 15 is 0 Å². The number of carbonyl (C=O) groups is 2. The Morgan fingerprint density at radius 1 is 1.25 bits per heavy atom. The highest BCUT2D eigenvalue weighted by Crippen LogP contribution is 2.01. The van der Waals surface area contributed by atoms with Crippen LogP contribution < -0.4 is 5.32 Å². The lowest BCUT2D eigenvalue weighted by molar-refractivity contribution is -0.139. The number of aliphatic carboxylic acids is 1. The molecule has 0 spiro atoms. The molecule has 6 nitrogen and oxygen atoms in total. The predicted octanol–water partition coefficient (Wildman–Crippen LogP) is -0.542. The van der Waals surface area contributed by atoms with Crippen LogP contribution in [0.25, 0.3) is 0 Å². The highest BCUT2D eigenvalue weighted by Gasteiger charge is 2.14. The molecule has 1 amide bonds. The van der Waals surface area contributed by atoms with Crippen molar-refractivity contribution in [1.82, 2.24) is 5.32 Å². The number of amides is 1. The van der Waals surface area contributed by atoms with Crippen LogP contribution in [0.4, 0.5) is 0 Å². The Hall–Kier alpha value is -0.790. The van der Waals surface area contributed by atoms with Gasteiger partial charge in [-0.25, -0.2) is 0 Å². The molecule has 0 fully saturated rings. The van der Waals surface area contributed by atoms with Gasteiger partial charge in [-0.3, -0.25) is 9.59 Å². The van der Waals surface area contributed by atoms with E-state index in [4.69, 9.17) is 10.2 Å². The largest absolute Gasteiger partial charge is 0.481 e. The minimum atomic E-state index is -1.12. The maximum absolute atomic E-state index is 10.4. The molecule has 0 saturated carbocycles. The van der Waals surface area contributed by atoms with Crippen LogP contribution in [0, 0.1) is 0 Å². The van der Waals surface area contributed by atoms with Gasteiger partial charge in [-0.15, -0.1) is 0 Å². The minimum Gasteiger partial charge on any atom is -0.481 e. The molecule has 0 aromatic carbocycles. The van der Waals surface area contributed by atoms with E-state index in [-0.39, 0.29) is 39.8 Å². The molecular weight excluding hydrogens is 234 g/mol. The molecule has 0 unspecified atom stereocenters. The summed E-state index contributed by atoms with van der Waals surface area (Å²) in [6.07, 6.45) is -2.48. The second-order valence-corrected chi connectivity index (χ2v) is 3.08. The molecular formula is C9H21NO5S. The normalized spacial score (nSPS) is 12.7. The van der Waals surface area contributed by atoms with Crippen LogP contribution in [0.5, 0.6) is 0 Å². The molecule has 7 heteroatoms. The van der Waals surface area contributed by atoms with E-state index in [1.807, 2.05) is 0 Å². The molecule has 4 N–H and O–H groups in total. The maximum atomic E-state index is 10.4. The van der Waals surface area contributed by atoms with Crippen molar-refractivity contribution in [2.24, 2.45) is 0 Å². The number of carbonyl (C=O) groups excluding carboxylic acids is 1. The minimum absolute atomic E-state index is 0. The van der Waals surface area contributed by atoms with Crippen molar-refractivity contribution in [2.45, 2.75) is 39.4 Å². The number of hydrogen-bond donors (Lipinski definition) is 4. The molecule has 2 atom stereocenters. The van der Waals surface area contributed by atoms with E-state index in [2.05, 4.69) is 5.32 Å². The Morgan fingerprint density at radius 3 is 2.12 bits per heavy atom. The van der Waals surface area contributed by atoms with Crippen LogP contribution in [0.2, 0.25) is 0 Å². The number of carboxylic acid groups (broad SMARTS) is 1. The van der Waals surface area contributed by atoms with Crippen LogP contribution in [0.1, 0.15) is 27.2 Å². The van der Waals surface area contributed by atoms with Gasteiger partial charge in [-0.2, -0.15) is 13.5 Å². The average molecular weight is 255 g/mol. The van der Waals surface area contributed by atoms with Crippen molar-refractivity contribution < 1.29 is 24.9 Å². The molecule has 0 aliphatic rings. The summed E-state index contributed by atoms with van der Waals surface area (Å²) in [5.41, 5.74) is 0. The highest BCUT2D eigenvalue weighted by molar-refractivity contribution is 7.59. The van der Waals surface area contributed by atoms with E-state index in [0.29, 0.717) is 0 Å². The van der Waals surface area contributed by atoms with Crippen molar-refractivity contribution in [3.05, 3.63) is 0 Å². The second kappa shape index (κ2) is 10.7. The summed E-state index contributed by atoms with van der Waals surface area (Å²) >= 11 is 0. The van der Waals surface area contributed by atoms with Crippen LogP contribution in [-0.2, 0) is 9.59 Å². The van der Waals surface area contributed by atoms with Gasteiger partial charge >= 0.3 is 5.97 Å². The first-order valence-corrected chi connectivity index (χ1v) is 4.24. The third kappa shape index (κ3) is 13.2. The van der Waals surface area contributed by atoms with Gasteiger partial charge in [0.2, 0.25) is 5.91 Å². The lowest BCUT2D eigenvalue weighted by atomic mass is 10.1. The Bertz CT molecular complexity index is 212. The predicted molar refractivity (Wildman–Crippen MR) is 64.7 cm³/mol. The van der Waals surface area contributed by atoms with Crippen LogP contribution in [-0.4, -0.2) is 45.9 Å². The molecule has 0 aliphatic heterocycles. The number of aliphatic hydroxyl groups excluding tert-OH is 2. The van der Waals surface area contributed by atoms with Gasteiger partial charge in [0.1, 0.15) is 0 Å². The first-order valence-electron chi connectivity index (χ1n) is 4.24. The van der Waals surface area contributed by atoms with Crippen LogP contribution in [0.15, 0.2) is 0 Å². The summed E-state index contributed by atoms with van der Waals surface area (Å²) in [4.78, 5) is 20.6. The van der Waals surface area contributed by atoms with E-state index in [9.17, 15) is 14.7 Å². The number of carboxylic acids is 1. The van der Waals surface area contributed by atoms with Gasteiger partial charge in [0.25, 0.3) is 0 Å². The molecule has 0 radical (unpaired) electrons. The second-order valence-electron chi connectivity index (χ2n) is 3.08. The first-order chi connectivity index (χ1) is 6.41. The van der Waals surface area contributed by atoms with Crippen LogP contribution in [0.3, 0.4) is 0 Å². The zero-order chi connectivity index (χ0) is 11.1. The number of rotatable bonds is 6. The number of hydrogen-bond acceptors (Lipinski definition) is 4. The van der Waals surface area contributed by atoms with Gasteiger partial charge in [-0.1, -0.05) is 7.43 Å². The lowest BCUT2D eigenvalue weighted by Crippen LogP contribution is -2.33. The molecule has 0 saturated heterocycles. The monoisotopic (exact) mass is 255 g/mol. The van der Waals surface area contributed by atoms with Gasteiger partial charge < -0.3 is 20.6 Å². The van der Waals surface area contributed by atoms with Gasteiger partial charge in [0, 0.05) is 19.9 Å². The molecule has 0 aromatic heterocycles. The summed E-state index contributed by atoms with van der Waals surface area (Å²) in [5, 5.41) is 29.0. The summed E-state index contributed by atoms with van der Waals surface area (Å²) < 4.78 is 0. The smallest absolute Gasteiger partial charge is 0.305 e. The zero-order valence-corrected chi connectivity index (χ0v) is 9.43. The third-order valence-corrected chi connectivity index (χ3v) is 1.54. The van der Waals surface area contributed by atoms with Crippen molar-refractivity contribution in [2.75, 3.05) is 6.54 Å². The Kier molecular flexibility index (Phi) is 13.8. The maximum Gasteiger partial charge on any atom is 0.305 e. The number of nitrogens with one attached hydrogen (secondary N) is 1. The molecule has 16 heavy (non-hydrogen) atoms. The van der Waals surface area contributed by atoms with E-state index in [1.165, 1.54) is 6.92 Å². The molecule has 0 rings (SSSR count). The van der Waals surface area contributed by atoms with E-state index in [1.54, 1.807) is 0 Å². The summed E-state index contributed by atoms with van der Waals surface area (Å²) in [7, 11) is 0. The highest BCUT2D eigenvalue weighted by atomic mass is 32.1. The fraction of sp³-hybridized carbons (Fsp3) is 0.778. The Labute approximate surface area is 102 Å². The van der Waals surface area contributed by atoms with Crippen LogP contribution >= 0.6 is 13.5 Å².